The summed E-state index contributed by atoms with van der Waals surface area (Å²) in [6.45, 7) is 2.27. The maximum atomic E-state index is 10.7. The summed E-state index contributed by atoms with van der Waals surface area (Å²) in [7, 11) is -4.27. The SMILES string of the molecule is CCCCCCCCCCCCCCCCCCCCCCC(O)S(=O)(=O)O. The van der Waals surface area contributed by atoms with E-state index in [0.717, 1.165) is 12.8 Å². The molecular weight excluding hydrogens is 372 g/mol. The van der Waals surface area contributed by atoms with E-state index < -0.39 is 15.6 Å². The molecule has 0 radical (unpaired) electrons. The lowest BCUT2D eigenvalue weighted by Gasteiger charge is -2.06. The normalized spacial score (nSPS) is 13.1. The topological polar surface area (TPSA) is 74.6 Å². The molecule has 0 aromatic heterocycles. The van der Waals surface area contributed by atoms with Gasteiger partial charge >= 0.3 is 0 Å². The van der Waals surface area contributed by atoms with E-state index in [2.05, 4.69) is 6.92 Å². The highest BCUT2D eigenvalue weighted by Gasteiger charge is 2.18. The van der Waals surface area contributed by atoms with Gasteiger partial charge in [-0.3, -0.25) is 4.55 Å². The van der Waals surface area contributed by atoms with Crippen LogP contribution in [0, 0.1) is 0 Å². The highest BCUT2D eigenvalue weighted by atomic mass is 32.2. The van der Waals surface area contributed by atoms with Gasteiger partial charge in [0.15, 0.2) is 5.44 Å². The molecule has 170 valence electrons. The Labute approximate surface area is 175 Å². The molecule has 0 aliphatic heterocycles. The lowest BCUT2D eigenvalue weighted by Crippen LogP contribution is -2.19. The Kier molecular flexibility index (Phi) is 20.1. The van der Waals surface area contributed by atoms with E-state index in [1.807, 2.05) is 0 Å². The van der Waals surface area contributed by atoms with Gasteiger partial charge in [-0.2, -0.15) is 8.42 Å². The van der Waals surface area contributed by atoms with Crippen LogP contribution in [-0.4, -0.2) is 23.5 Å². The monoisotopic (exact) mass is 420 g/mol. The fourth-order valence-electron chi connectivity index (χ4n) is 3.72. The highest BCUT2D eigenvalue weighted by Crippen LogP contribution is 2.15. The molecule has 0 aliphatic rings. The summed E-state index contributed by atoms with van der Waals surface area (Å²) in [4.78, 5) is 0. The minimum absolute atomic E-state index is 0.137. The first-order valence-corrected chi connectivity index (χ1v) is 13.6. The van der Waals surface area contributed by atoms with Gasteiger partial charge in [0, 0.05) is 0 Å². The van der Waals surface area contributed by atoms with Gasteiger partial charge in [0.25, 0.3) is 10.1 Å². The van der Waals surface area contributed by atoms with Crippen LogP contribution in [0.4, 0.5) is 0 Å². The van der Waals surface area contributed by atoms with Crippen molar-refractivity contribution in [3.8, 4) is 0 Å². The zero-order valence-electron chi connectivity index (χ0n) is 18.5. The fourth-order valence-corrected chi connectivity index (χ4v) is 4.19. The predicted molar refractivity (Wildman–Crippen MR) is 120 cm³/mol. The van der Waals surface area contributed by atoms with E-state index in [4.69, 9.17) is 4.55 Å². The van der Waals surface area contributed by atoms with E-state index >= 15 is 0 Å². The summed E-state index contributed by atoms with van der Waals surface area (Å²) >= 11 is 0. The zero-order valence-corrected chi connectivity index (χ0v) is 19.4. The maximum Gasteiger partial charge on any atom is 0.291 e. The highest BCUT2D eigenvalue weighted by molar-refractivity contribution is 7.86. The molecule has 0 aromatic rings. The molecule has 0 aliphatic carbocycles. The Balaban J connectivity index is 3.11. The Morgan fingerprint density at radius 1 is 0.536 bits per heavy atom. The van der Waals surface area contributed by atoms with Crippen molar-refractivity contribution in [1.82, 2.24) is 0 Å². The lowest BCUT2D eigenvalue weighted by atomic mass is 10.0. The van der Waals surface area contributed by atoms with Crippen LogP contribution in [0.15, 0.2) is 0 Å². The number of rotatable bonds is 22. The summed E-state index contributed by atoms with van der Waals surface area (Å²) < 4.78 is 30.0. The first kappa shape index (κ1) is 27.9. The molecule has 0 saturated carbocycles. The average Bonchev–Trinajstić information content (AvgIpc) is 2.65. The van der Waals surface area contributed by atoms with Crippen molar-refractivity contribution < 1.29 is 18.1 Å². The Hall–Kier alpha value is -0.130. The number of aliphatic hydroxyl groups is 1. The third-order valence-electron chi connectivity index (χ3n) is 5.65. The quantitative estimate of drug-likeness (QED) is 0.141. The van der Waals surface area contributed by atoms with Gasteiger partial charge in [0.2, 0.25) is 0 Å². The Bertz CT molecular complexity index is 409. The van der Waals surface area contributed by atoms with Gasteiger partial charge < -0.3 is 5.11 Å². The molecular formula is C23H48O4S. The standard InChI is InChI=1S/C23H48O4S/c1-2-3-4-5-6-7-8-9-10-11-12-13-14-15-16-17-18-19-20-21-22-23(24)28(25,26)27/h23-24H,2-22H2,1H3,(H,25,26,27). The first-order valence-electron chi connectivity index (χ1n) is 12.1. The molecule has 0 bridgehead atoms. The van der Waals surface area contributed by atoms with Crippen LogP contribution in [0.1, 0.15) is 142 Å². The third kappa shape index (κ3) is 20.6. The van der Waals surface area contributed by atoms with Crippen LogP contribution in [0.3, 0.4) is 0 Å². The summed E-state index contributed by atoms with van der Waals surface area (Å²) in [5.41, 5.74) is -1.61. The Morgan fingerprint density at radius 3 is 1.04 bits per heavy atom. The van der Waals surface area contributed by atoms with E-state index in [0.29, 0.717) is 6.42 Å². The van der Waals surface area contributed by atoms with Crippen LogP contribution >= 0.6 is 0 Å². The summed E-state index contributed by atoms with van der Waals surface area (Å²) in [5.74, 6) is 0. The summed E-state index contributed by atoms with van der Waals surface area (Å²) in [6, 6.07) is 0. The minimum Gasteiger partial charge on any atom is -0.375 e. The summed E-state index contributed by atoms with van der Waals surface area (Å²) in [5, 5.41) is 9.20. The lowest BCUT2D eigenvalue weighted by molar-refractivity contribution is 0.219. The molecule has 0 rings (SSSR count). The number of hydrogen-bond donors (Lipinski definition) is 2. The largest absolute Gasteiger partial charge is 0.375 e. The molecule has 2 N–H and O–H groups in total. The van der Waals surface area contributed by atoms with Crippen molar-refractivity contribution in [2.45, 2.75) is 147 Å². The van der Waals surface area contributed by atoms with E-state index in [1.54, 1.807) is 0 Å². The molecule has 1 atom stereocenters. The maximum absolute atomic E-state index is 10.7. The van der Waals surface area contributed by atoms with E-state index in [9.17, 15) is 13.5 Å². The fraction of sp³-hybridized carbons (Fsp3) is 1.00. The molecule has 5 heteroatoms. The zero-order chi connectivity index (χ0) is 20.9. The van der Waals surface area contributed by atoms with Gasteiger partial charge in [0.05, 0.1) is 0 Å². The minimum atomic E-state index is -4.27. The van der Waals surface area contributed by atoms with Crippen LogP contribution in [0.2, 0.25) is 0 Å². The van der Waals surface area contributed by atoms with Crippen molar-refractivity contribution in [2.75, 3.05) is 0 Å². The van der Waals surface area contributed by atoms with Crippen LogP contribution in [0.5, 0.6) is 0 Å². The van der Waals surface area contributed by atoms with Crippen molar-refractivity contribution >= 4 is 10.1 Å². The Morgan fingerprint density at radius 2 is 0.786 bits per heavy atom. The van der Waals surface area contributed by atoms with E-state index in [-0.39, 0.29) is 6.42 Å². The van der Waals surface area contributed by atoms with Crippen LogP contribution < -0.4 is 0 Å². The molecule has 4 nitrogen and oxygen atoms in total. The molecule has 1 unspecified atom stereocenters. The second kappa shape index (κ2) is 20.2. The van der Waals surface area contributed by atoms with Crippen molar-refractivity contribution in [2.24, 2.45) is 0 Å². The molecule has 0 fully saturated rings. The number of unbranched alkanes of at least 4 members (excludes halogenated alkanes) is 19. The second-order valence-corrected chi connectivity index (χ2v) is 10.0. The smallest absolute Gasteiger partial charge is 0.291 e. The van der Waals surface area contributed by atoms with Crippen molar-refractivity contribution in [3.63, 3.8) is 0 Å². The summed E-state index contributed by atoms with van der Waals surface area (Å²) in [6.07, 6.45) is 26.2. The molecule has 0 spiro atoms. The van der Waals surface area contributed by atoms with Gasteiger partial charge in [-0.15, -0.1) is 0 Å². The van der Waals surface area contributed by atoms with Crippen LogP contribution in [-0.2, 0) is 10.1 Å². The number of aliphatic hydroxyl groups excluding tert-OH is 1. The molecule has 0 aromatic carbocycles. The van der Waals surface area contributed by atoms with Crippen LogP contribution in [0.25, 0.3) is 0 Å². The second-order valence-electron chi connectivity index (χ2n) is 8.48. The van der Waals surface area contributed by atoms with Gasteiger partial charge in [-0.25, -0.2) is 0 Å². The molecule has 0 heterocycles. The van der Waals surface area contributed by atoms with Gasteiger partial charge in [0.1, 0.15) is 0 Å². The van der Waals surface area contributed by atoms with Gasteiger partial charge in [-0.05, 0) is 12.8 Å². The molecule has 0 amide bonds. The number of hydrogen-bond acceptors (Lipinski definition) is 3. The average molecular weight is 421 g/mol. The third-order valence-corrected chi connectivity index (χ3v) is 6.57. The van der Waals surface area contributed by atoms with Gasteiger partial charge in [-0.1, -0.05) is 129 Å². The van der Waals surface area contributed by atoms with Crippen molar-refractivity contribution in [3.05, 3.63) is 0 Å². The predicted octanol–water partition coefficient (Wildman–Crippen LogP) is 7.40. The first-order chi connectivity index (χ1) is 13.5. The van der Waals surface area contributed by atoms with Crippen molar-refractivity contribution in [1.29, 1.82) is 0 Å². The van der Waals surface area contributed by atoms with E-state index in [1.165, 1.54) is 109 Å². The molecule has 0 saturated heterocycles. The molecule has 28 heavy (non-hydrogen) atoms.